The van der Waals surface area contributed by atoms with E-state index in [1.807, 2.05) is 0 Å². The highest BCUT2D eigenvalue weighted by molar-refractivity contribution is 5.66. The first-order valence-corrected chi connectivity index (χ1v) is 11.0. The van der Waals surface area contributed by atoms with E-state index in [-0.39, 0.29) is 18.3 Å². The molecule has 3 heterocycles. The Morgan fingerprint density at radius 2 is 1.72 bits per heavy atom. The molecule has 1 fully saturated rings. The van der Waals surface area contributed by atoms with Gasteiger partial charge < -0.3 is 19.2 Å². The number of rotatable bonds is 8. The van der Waals surface area contributed by atoms with Gasteiger partial charge in [0, 0.05) is 11.5 Å². The number of ether oxygens (including phenoxy) is 3. The van der Waals surface area contributed by atoms with Gasteiger partial charge in [-0.1, -0.05) is 24.3 Å². The Labute approximate surface area is 203 Å². The molecule has 186 valence electrons. The highest BCUT2D eigenvalue weighted by Gasteiger charge is 2.33. The lowest BCUT2D eigenvalue weighted by molar-refractivity contribution is -0.140. The minimum atomic E-state index is -4.48. The Bertz CT molecular complexity index is 1370. The van der Waals surface area contributed by atoms with Gasteiger partial charge in [0.15, 0.2) is 11.6 Å². The van der Waals surface area contributed by atoms with Crippen molar-refractivity contribution in [3.8, 4) is 40.3 Å². The maximum atomic E-state index is 12.8. The molecule has 12 heteroatoms. The second-order valence-corrected chi connectivity index (χ2v) is 8.11. The lowest BCUT2D eigenvalue weighted by atomic mass is 10.1. The monoisotopic (exact) mass is 498 g/mol. The van der Waals surface area contributed by atoms with Crippen LogP contribution in [0.4, 0.5) is 13.2 Å². The van der Waals surface area contributed by atoms with Crippen molar-refractivity contribution in [1.82, 2.24) is 29.9 Å². The van der Waals surface area contributed by atoms with Crippen LogP contribution in [-0.4, -0.2) is 44.1 Å². The Morgan fingerprint density at radius 3 is 2.36 bits per heavy atom. The van der Waals surface area contributed by atoms with Gasteiger partial charge in [-0.2, -0.15) is 18.2 Å². The number of nitrogens with one attached hydrogen (secondary N) is 1. The van der Waals surface area contributed by atoms with Gasteiger partial charge in [0.1, 0.15) is 30.0 Å². The third kappa shape index (κ3) is 4.79. The summed E-state index contributed by atoms with van der Waals surface area (Å²) in [5.41, 5.74) is 1.83. The number of hydrogen-bond donors (Lipinski definition) is 1. The number of methoxy groups -OCH3 is 2. The van der Waals surface area contributed by atoms with Gasteiger partial charge in [-0.25, -0.2) is 19.9 Å². The van der Waals surface area contributed by atoms with Crippen LogP contribution in [0.3, 0.4) is 0 Å². The van der Waals surface area contributed by atoms with Gasteiger partial charge in [-0.3, -0.25) is 0 Å². The van der Waals surface area contributed by atoms with Crippen LogP contribution >= 0.6 is 0 Å². The van der Waals surface area contributed by atoms with Crippen molar-refractivity contribution in [3.05, 3.63) is 59.9 Å². The second kappa shape index (κ2) is 9.44. The molecule has 0 amide bonds. The zero-order chi connectivity index (χ0) is 25.3. The predicted octanol–water partition coefficient (Wildman–Crippen LogP) is 4.82. The van der Waals surface area contributed by atoms with Crippen molar-refractivity contribution in [1.29, 1.82) is 0 Å². The Hall–Kier alpha value is -4.22. The molecule has 0 aliphatic heterocycles. The molecule has 0 spiro atoms. The molecule has 4 aromatic rings. The first-order chi connectivity index (χ1) is 17.4. The maximum absolute atomic E-state index is 12.8. The van der Waals surface area contributed by atoms with E-state index in [9.17, 15) is 13.2 Å². The zero-order valence-corrected chi connectivity index (χ0v) is 19.3. The van der Waals surface area contributed by atoms with Gasteiger partial charge in [-0.15, -0.1) is 0 Å². The molecule has 0 saturated heterocycles. The molecule has 1 aliphatic carbocycles. The van der Waals surface area contributed by atoms with E-state index in [1.165, 1.54) is 26.7 Å². The molecule has 9 nitrogen and oxygen atoms in total. The standard InChI is InChI=1S/C24H21F3N6O3/c1-34-16-9-28-21(18-19(14-7-8-14)30-12-31-23(18)35-2)33-22(16)36-11-13-3-5-15(6-4-13)20-29-10-17(32-20)24(25,26)27/h3-6,9-10,12,14H,7-8,11H2,1-2H3,(H,29,32). The first kappa shape index (κ1) is 23.5. The van der Waals surface area contributed by atoms with E-state index in [0.717, 1.165) is 30.3 Å². The summed E-state index contributed by atoms with van der Waals surface area (Å²) >= 11 is 0. The molecule has 0 bridgehead atoms. The second-order valence-electron chi connectivity index (χ2n) is 8.11. The average Bonchev–Trinajstić information content (AvgIpc) is 3.61. The van der Waals surface area contributed by atoms with Crippen LogP contribution in [-0.2, 0) is 12.8 Å². The fraction of sp³-hybridized carbons (Fsp3) is 0.292. The normalized spacial score (nSPS) is 13.5. The van der Waals surface area contributed by atoms with Crippen molar-refractivity contribution in [3.63, 3.8) is 0 Å². The van der Waals surface area contributed by atoms with Gasteiger partial charge in [-0.05, 0) is 18.4 Å². The van der Waals surface area contributed by atoms with Crippen molar-refractivity contribution in [2.24, 2.45) is 0 Å². The summed E-state index contributed by atoms with van der Waals surface area (Å²) in [5.74, 6) is 1.74. The summed E-state index contributed by atoms with van der Waals surface area (Å²) in [4.78, 5) is 23.7. The summed E-state index contributed by atoms with van der Waals surface area (Å²) < 4.78 is 55.2. The third-order valence-electron chi connectivity index (χ3n) is 5.65. The lowest BCUT2D eigenvalue weighted by Gasteiger charge is -2.13. The summed E-state index contributed by atoms with van der Waals surface area (Å²) in [7, 11) is 3.01. The highest BCUT2D eigenvalue weighted by atomic mass is 19.4. The molecule has 1 aliphatic rings. The van der Waals surface area contributed by atoms with E-state index in [4.69, 9.17) is 14.2 Å². The number of imidazole rings is 1. The number of halogens is 3. The molecule has 5 rings (SSSR count). The Balaban J connectivity index is 1.36. The molecular formula is C24H21F3N6O3. The van der Waals surface area contributed by atoms with E-state index in [0.29, 0.717) is 34.5 Å². The first-order valence-electron chi connectivity index (χ1n) is 11.0. The van der Waals surface area contributed by atoms with E-state index in [2.05, 4.69) is 29.9 Å². The molecule has 1 N–H and O–H groups in total. The van der Waals surface area contributed by atoms with E-state index < -0.39 is 11.9 Å². The summed E-state index contributed by atoms with van der Waals surface area (Å²) in [6.45, 7) is 0.136. The Kier molecular flexibility index (Phi) is 6.17. The summed E-state index contributed by atoms with van der Waals surface area (Å²) in [5, 5.41) is 0. The van der Waals surface area contributed by atoms with Crippen molar-refractivity contribution >= 4 is 0 Å². The molecule has 1 saturated carbocycles. The van der Waals surface area contributed by atoms with Gasteiger partial charge in [0.2, 0.25) is 5.88 Å². The lowest BCUT2D eigenvalue weighted by Crippen LogP contribution is -2.05. The van der Waals surface area contributed by atoms with Gasteiger partial charge in [0.25, 0.3) is 5.88 Å². The summed E-state index contributed by atoms with van der Waals surface area (Å²) in [6, 6.07) is 6.79. The minimum absolute atomic E-state index is 0.127. The molecule has 36 heavy (non-hydrogen) atoms. The van der Waals surface area contributed by atoms with Crippen molar-refractivity contribution < 1.29 is 27.4 Å². The highest BCUT2D eigenvalue weighted by Crippen LogP contribution is 2.45. The number of hydrogen-bond acceptors (Lipinski definition) is 8. The van der Waals surface area contributed by atoms with Crippen LogP contribution in [0.15, 0.2) is 43.0 Å². The quantitative estimate of drug-likeness (QED) is 0.369. The van der Waals surface area contributed by atoms with Crippen LogP contribution in [0.2, 0.25) is 0 Å². The molecule has 0 radical (unpaired) electrons. The minimum Gasteiger partial charge on any atom is -0.490 e. The molecular weight excluding hydrogens is 477 g/mol. The maximum Gasteiger partial charge on any atom is 0.432 e. The van der Waals surface area contributed by atoms with E-state index >= 15 is 0 Å². The predicted molar refractivity (Wildman–Crippen MR) is 121 cm³/mol. The summed E-state index contributed by atoms with van der Waals surface area (Å²) in [6.07, 6.45) is 1.32. The van der Waals surface area contributed by atoms with Crippen LogP contribution in [0, 0.1) is 0 Å². The average molecular weight is 498 g/mol. The topological polar surface area (TPSA) is 108 Å². The van der Waals surface area contributed by atoms with Crippen LogP contribution in [0.25, 0.3) is 22.8 Å². The zero-order valence-electron chi connectivity index (χ0n) is 19.3. The number of H-pyrrole nitrogens is 1. The molecule has 0 atom stereocenters. The SMILES string of the molecule is COc1cnc(-c2c(OC)ncnc2C2CC2)nc1OCc1ccc(-c2ncc(C(F)(F)F)[nH]2)cc1. The smallest absolute Gasteiger partial charge is 0.432 e. The van der Waals surface area contributed by atoms with Crippen LogP contribution in [0.1, 0.15) is 35.7 Å². The van der Waals surface area contributed by atoms with Gasteiger partial charge >= 0.3 is 6.18 Å². The number of aromatic amines is 1. The molecule has 1 aromatic carbocycles. The largest absolute Gasteiger partial charge is 0.490 e. The fourth-order valence-electron chi connectivity index (χ4n) is 3.65. The number of benzene rings is 1. The number of aromatic nitrogens is 6. The third-order valence-corrected chi connectivity index (χ3v) is 5.65. The van der Waals surface area contributed by atoms with E-state index in [1.54, 1.807) is 24.3 Å². The molecule has 3 aromatic heterocycles. The Morgan fingerprint density at radius 1 is 0.944 bits per heavy atom. The fourth-order valence-corrected chi connectivity index (χ4v) is 3.65. The number of alkyl halides is 3. The van der Waals surface area contributed by atoms with Crippen LogP contribution < -0.4 is 14.2 Å². The van der Waals surface area contributed by atoms with Crippen LogP contribution in [0.5, 0.6) is 17.5 Å². The van der Waals surface area contributed by atoms with Crippen molar-refractivity contribution in [2.45, 2.75) is 31.5 Å². The van der Waals surface area contributed by atoms with Crippen molar-refractivity contribution in [2.75, 3.05) is 14.2 Å². The van der Waals surface area contributed by atoms with Gasteiger partial charge in [0.05, 0.1) is 32.3 Å². The molecule has 0 unspecified atom stereocenters. The number of nitrogens with zero attached hydrogens (tertiary/aromatic N) is 5.